The van der Waals surface area contributed by atoms with E-state index in [1.54, 1.807) is 19.1 Å². The van der Waals surface area contributed by atoms with E-state index in [0.717, 1.165) is 5.56 Å². The Morgan fingerprint density at radius 1 is 1.47 bits per heavy atom. The average Bonchev–Trinajstić information content (AvgIpc) is 2.37. The van der Waals surface area contributed by atoms with E-state index in [1.807, 2.05) is 6.07 Å². The standard InChI is InChI=1S/C12H15N3O3S/c1-9-4-10(14)6-12(5-9)19(16,17)15-2-3-18-11(7-13)8-15/h4-6,11H,2-3,8,14H2,1H3. The Labute approximate surface area is 112 Å². The predicted octanol–water partition coefficient (Wildman–Crippen LogP) is 0.490. The summed E-state index contributed by atoms with van der Waals surface area (Å²) in [6, 6.07) is 6.63. The molecule has 0 aliphatic carbocycles. The molecule has 0 aromatic heterocycles. The molecule has 1 aromatic rings. The van der Waals surface area contributed by atoms with E-state index >= 15 is 0 Å². The Kier molecular flexibility index (Phi) is 3.75. The van der Waals surface area contributed by atoms with Crippen LogP contribution in [0.25, 0.3) is 0 Å². The number of ether oxygens (including phenoxy) is 1. The summed E-state index contributed by atoms with van der Waals surface area (Å²) in [6.07, 6.45) is -0.717. The number of morpholine rings is 1. The summed E-state index contributed by atoms with van der Waals surface area (Å²) in [4.78, 5) is 0.156. The van der Waals surface area contributed by atoms with Crippen LogP contribution in [0.2, 0.25) is 0 Å². The van der Waals surface area contributed by atoms with E-state index in [4.69, 9.17) is 15.7 Å². The van der Waals surface area contributed by atoms with Gasteiger partial charge in [-0.25, -0.2) is 8.42 Å². The van der Waals surface area contributed by atoms with Gasteiger partial charge < -0.3 is 10.5 Å². The van der Waals surface area contributed by atoms with Gasteiger partial charge in [0.25, 0.3) is 0 Å². The fourth-order valence-corrected chi connectivity index (χ4v) is 3.56. The minimum Gasteiger partial charge on any atom is -0.399 e. The number of hydrogen-bond acceptors (Lipinski definition) is 5. The fourth-order valence-electron chi connectivity index (χ4n) is 2.00. The van der Waals surface area contributed by atoms with Crippen molar-refractivity contribution in [3.05, 3.63) is 23.8 Å². The van der Waals surface area contributed by atoms with Crippen molar-refractivity contribution in [1.29, 1.82) is 5.26 Å². The van der Waals surface area contributed by atoms with Crippen LogP contribution in [0.5, 0.6) is 0 Å². The lowest BCUT2D eigenvalue weighted by atomic mass is 10.2. The Hall–Kier alpha value is -1.62. The molecule has 6 nitrogen and oxygen atoms in total. The first kappa shape index (κ1) is 13.8. The van der Waals surface area contributed by atoms with Gasteiger partial charge in [-0.15, -0.1) is 0 Å². The van der Waals surface area contributed by atoms with Crippen molar-refractivity contribution in [2.75, 3.05) is 25.4 Å². The van der Waals surface area contributed by atoms with Gasteiger partial charge in [-0.3, -0.25) is 0 Å². The smallest absolute Gasteiger partial charge is 0.243 e. The van der Waals surface area contributed by atoms with Gasteiger partial charge >= 0.3 is 0 Å². The van der Waals surface area contributed by atoms with Crippen molar-refractivity contribution in [3.8, 4) is 6.07 Å². The number of nitrogens with two attached hydrogens (primary N) is 1. The monoisotopic (exact) mass is 281 g/mol. The van der Waals surface area contributed by atoms with Gasteiger partial charge in [-0.2, -0.15) is 9.57 Å². The van der Waals surface area contributed by atoms with Gasteiger partial charge in [-0.1, -0.05) is 0 Å². The third-order valence-corrected chi connectivity index (χ3v) is 4.73. The zero-order valence-corrected chi connectivity index (χ0v) is 11.4. The number of sulfonamides is 1. The highest BCUT2D eigenvalue weighted by Gasteiger charge is 2.30. The molecular formula is C12H15N3O3S. The number of aryl methyl sites for hydroxylation is 1. The summed E-state index contributed by atoms with van der Waals surface area (Å²) in [7, 11) is -3.63. The van der Waals surface area contributed by atoms with Crippen molar-refractivity contribution in [2.45, 2.75) is 17.9 Å². The normalized spacial score (nSPS) is 20.9. The maximum atomic E-state index is 12.5. The summed E-state index contributed by atoms with van der Waals surface area (Å²) in [5.74, 6) is 0. The largest absolute Gasteiger partial charge is 0.399 e. The molecule has 7 heteroatoms. The summed E-state index contributed by atoms with van der Waals surface area (Å²) >= 11 is 0. The first-order chi connectivity index (χ1) is 8.93. The second kappa shape index (κ2) is 5.17. The molecule has 102 valence electrons. The highest BCUT2D eigenvalue weighted by Crippen LogP contribution is 2.22. The third kappa shape index (κ3) is 2.87. The lowest BCUT2D eigenvalue weighted by Crippen LogP contribution is -2.45. The zero-order chi connectivity index (χ0) is 14.0. The average molecular weight is 281 g/mol. The van der Waals surface area contributed by atoms with Crippen LogP contribution in [0, 0.1) is 18.3 Å². The minimum atomic E-state index is -3.63. The van der Waals surface area contributed by atoms with Crippen LogP contribution in [-0.4, -0.2) is 38.5 Å². The molecule has 2 N–H and O–H groups in total. The summed E-state index contributed by atoms with van der Waals surface area (Å²) < 4.78 is 31.3. The molecule has 2 rings (SSSR count). The van der Waals surface area contributed by atoms with Gasteiger partial charge in [0.15, 0.2) is 6.10 Å². The SMILES string of the molecule is Cc1cc(N)cc(S(=O)(=O)N2CCOC(C#N)C2)c1. The number of rotatable bonds is 2. The highest BCUT2D eigenvalue weighted by molar-refractivity contribution is 7.89. The van der Waals surface area contributed by atoms with Gasteiger partial charge in [0.05, 0.1) is 24.1 Å². The number of nitrogens with zero attached hydrogens (tertiary/aromatic N) is 2. The molecule has 1 aromatic carbocycles. The molecule has 1 aliphatic rings. The van der Waals surface area contributed by atoms with Gasteiger partial charge in [-0.05, 0) is 30.7 Å². The maximum absolute atomic E-state index is 12.5. The van der Waals surface area contributed by atoms with Crippen molar-refractivity contribution in [3.63, 3.8) is 0 Å². The van der Waals surface area contributed by atoms with Gasteiger partial charge in [0.1, 0.15) is 0 Å². The van der Waals surface area contributed by atoms with E-state index in [1.165, 1.54) is 10.4 Å². The molecule has 0 bridgehead atoms. The summed E-state index contributed by atoms with van der Waals surface area (Å²) in [5, 5.41) is 8.82. The van der Waals surface area contributed by atoms with Crippen LogP contribution < -0.4 is 5.73 Å². The van der Waals surface area contributed by atoms with E-state index in [9.17, 15) is 8.42 Å². The molecule has 1 unspecified atom stereocenters. The lowest BCUT2D eigenvalue weighted by Gasteiger charge is -2.29. The predicted molar refractivity (Wildman–Crippen MR) is 69.7 cm³/mol. The first-order valence-electron chi connectivity index (χ1n) is 5.82. The van der Waals surface area contributed by atoms with Crippen LogP contribution in [0.15, 0.2) is 23.1 Å². The first-order valence-corrected chi connectivity index (χ1v) is 7.26. The van der Waals surface area contributed by atoms with Gasteiger partial charge in [0.2, 0.25) is 10.0 Å². The molecule has 0 amide bonds. The number of benzene rings is 1. The molecular weight excluding hydrogens is 266 g/mol. The molecule has 1 heterocycles. The topological polar surface area (TPSA) is 96.4 Å². The molecule has 1 saturated heterocycles. The number of anilines is 1. The van der Waals surface area contributed by atoms with Crippen molar-refractivity contribution in [1.82, 2.24) is 4.31 Å². The van der Waals surface area contributed by atoms with E-state index in [0.29, 0.717) is 5.69 Å². The number of hydrogen-bond donors (Lipinski definition) is 1. The van der Waals surface area contributed by atoms with Crippen LogP contribution in [0.3, 0.4) is 0 Å². The van der Waals surface area contributed by atoms with Crippen LogP contribution in [0.4, 0.5) is 5.69 Å². The zero-order valence-electron chi connectivity index (χ0n) is 10.5. The summed E-state index contributed by atoms with van der Waals surface area (Å²) in [6.45, 7) is 2.30. The van der Waals surface area contributed by atoms with Crippen molar-refractivity contribution in [2.24, 2.45) is 0 Å². The number of nitriles is 1. The Morgan fingerprint density at radius 3 is 2.84 bits per heavy atom. The third-order valence-electron chi connectivity index (χ3n) is 2.88. The lowest BCUT2D eigenvalue weighted by molar-refractivity contribution is 0.0311. The van der Waals surface area contributed by atoms with Crippen molar-refractivity contribution < 1.29 is 13.2 Å². The maximum Gasteiger partial charge on any atom is 0.243 e. The molecule has 0 saturated carbocycles. The van der Waals surface area contributed by atoms with E-state index < -0.39 is 16.1 Å². The quantitative estimate of drug-likeness (QED) is 0.796. The molecule has 1 aliphatic heterocycles. The summed E-state index contributed by atoms with van der Waals surface area (Å²) in [5.41, 5.74) is 6.87. The van der Waals surface area contributed by atoms with Gasteiger partial charge in [0, 0.05) is 12.2 Å². The highest BCUT2D eigenvalue weighted by atomic mass is 32.2. The van der Waals surface area contributed by atoms with E-state index in [2.05, 4.69) is 0 Å². The second-order valence-electron chi connectivity index (χ2n) is 4.43. The van der Waals surface area contributed by atoms with Crippen LogP contribution >= 0.6 is 0 Å². The molecule has 0 spiro atoms. The van der Waals surface area contributed by atoms with Crippen molar-refractivity contribution >= 4 is 15.7 Å². The number of nitrogen functional groups attached to an aromatic ring is 1. The molecule has 1 atom stereocenters. The molecule has 0 radical (unpaired) electrons. The van der Waals surface area contributed by atoms with E-state index in [-0.39, 0.29) is 24.6 Å². The Balaban J connectivity index is 2.34. The molecule has 1 fully saturated rings. The Bertz CT molecular complexity index is 601. The minimum absolute atomic E-state index is 0.0483. The van der Waals surface area contributed by atoms with Crippen LogP contribution in [-0.2, 0) is 14.8 Å². The second-order valence-corrected chi connectivity index (χ2v) is 6.37. The Morgan fingerprint density at radius 2 is 2.21 bits per heavy atom. The van der Waals surface area contributed by atoms with Crippen LogP contribution in [0.1, 0.15) is 5.56 Å². The molecule has 19 heavy (non-hydrogen) atoms. The fraction of sp³-hybridized carbons (Fsp3) is 0.417.